The average molecular weight is 184 g/mol. The second-order valence-corrected chi connectivity index (χ2v) is 3.00. The van der Waals surface area contributed by atoms with Crippen molar-refractivity contribution in [1.82, 2.24) is 10.6 Å². The van der Waals surface area contributed by atoms with Gasteiger partial charge in [-0.2, -0.15) is 0 Å². The smallest absolute Gasteiger partial charge is 0.00104 e. The monoisotopic (exact) mass is 184 g/mol. The lowest BCUT2D eigenvalue weighted by molar-refractivity contribution is 1.16. The molecule has 0 amide bonds. The number of allylic oxidation sites excluding steroid dienone is 8. The van der Waals surface area contributed by atoms with Crippen molar-refractivity contribution in [2.45, 2.75) is 0 Å². The summed E-state index contributed by atoms with van der Waals surface area (Å²) in [6.07, 6.45) is 20.0. The molecule has 2 rings (SSSR count). The van der Waals surface area contributed by atoms with E-state index in [2.05, 4.69) is 22.8 Å². The van der Waals surface area contributed by atoms with E-state index in [1.807, 2.05) is 49.1 Å². The molecule has 0 unspecified atom stereocenters. The summed E-state index contributed by atoms with van der Waals surface area (Å²) < 4.78 is 0. The van der Waals surface area contributed by atoms with Gasteiger partial charge in [0, 0.05) is 24.8 Å². The van der Waals surface area contributed by atoms with E-state index in [-0.39, 0.29) is 0 Å². The van der Waals surface area contributed by atoms with Gasteiger partial charge in [-0.15, -0.1) is 0 Å². The van der Waals surface area contributed by atoms with Gasteiger partial charge in [-0.25, -0.2) is 0 Å². The summed E-state index contributed by atoms with van der Waals surface area (Å²) in [6, 6.07) is 0. The highest BCUT2D eigenvalue weighted by Crippen LogP contribution is 2.07. The van der Waals surface area contributed by atoms with E-state index in [9.17, 15) is 0 Å². The van der Waals surface area contributed by atoms with Gasteiger partial charge >= 0.3 is 0 Å². The van der Waals surface area contributed by atoms with Crippen LogP contribution in [0, 0.1) is 0 Å². The minimum Gasteiger partial charge on any atom is -0.368 e. The summed E-state index contributed by atoms with van der Waals surface area (Å²) in [4.78, 5) is 0. The standard InChI is InChI=1S/C12H12N2/c1(11-3-7-13-8-4-11)2-12-5-9-14-10-6-12/h1-10,13-14H. The Labute approximate surface area is 83.7 Å². The highest BCUT2D eigenvalue weighted by Gasteiger charge is 1.90. The van der Waals surface area contributed by atoms with Crippen molar-refractivity contribution in [3.8, 4) is 0 Å². The van der Waals surface area contributed by atoms with E-state index in [0.29, 0.717) is 0 Å². The Morgan fingerprint density at radius 1 is 0.643 bits per heavy atom. The minimum atomic E-state index is 1.19. The highest BCUT2D eigenvalue weighted by molar-refractivity contribution is 5.41. The van der Waals surface area contributed by atoms with E-state index >= 15 is 0 Å². The quantitative estimate of drug-likeness (QED) is 0.652. The first-order valence-corrected chi connectivity index (χ1v) is 4.55. The van der Waals surface area contributed by atoms with Gasteiger partial charge in [0.1, 0.15) is 0 Å². The maximum Gasteiger partial charge on any atom is 0.00104 e. The maximum atomic E-state index is 2.99. The first kappa shape index (κ1) is 8.63. The van der Waals surface area contributed by atoms with Crippen LogP contribution in [0.4, 0.5) is 0 Å². The molecule has 2 aliphatic rings. The van der Waals surface area contributed by atoms with E-state index in [1.54, 1.807) is 0 Å². The van der Waals surface area contributed by atoms with Crippen molar-refractivity contribution >= 4 is 0 Å². The lowest BCUT2D eigenvalue weighted by Crippen LogP contribution is -1.97. The Morgan fingerprint density at radius 3 is 1.36 bits per heavy atom. The molecule has 2 aliphatic heterocycles. The van der Waals surface area contributed by atoms with Crippen LogP contribution in [0.2, 0.25) is 0 Å². The Hall–Kier alpha value is -1.96. The fourth-order valence-corrected chi connectivity index (χ4v) is 1.21. The largest absolute Gasteiger partial charge is 0.368 e. The predicted octanol–water partition coefficient (Wildman–Crippen LogP) is 2.10. The van der Waals surface area contributed by atoms with Crippen LogP contribution in [0.1, 0.15) is 0 Å². The second-order valence-electron chi connectivity index (χ2n) is 3.00. The average Bonchev–Trinajstić information content (AvgIpc) is 2.29. The molecule has 0 saturated carbocycles. The third-order valence-electron chi connectivity index (χ3n) is 1.96. The minimum absolute atomic E-state index is 1.19. The van der Waals surface area contributed by atoms with Crippen LogP contribution in [0.5, 0.6) is 0 Å². The number of hydrogen-bond acceptors (Lipinski definition) is 2. The van der Waals surface area contributed by atoms with Crippen LogP contribution in [0.25, 0.3) is 0 Å². The summed E-state index contributed by atoms with van der Waals surface area (Å²) in [5, 5.41) is 5.98. The van der Waals surface area contributed by atoms with Crippen molar-refractivity contribution in [1.29, 1.82) is 0 Å². The van der Waals surface area contributed by atoms with Crippen molar-refractivity contribution < 1.29 is 0 Å². The molecule has 14 heavy (non-hydrogen) atoms. The van der Waals surface area contributed by atoms with Crippen molar-refractivity contribution in [3.05, 3.63) is 72.4 Å². The van der Waals surface area contributed by atoms with Crippen molar-refractivity contribution in [2.75, 3.05) is 0 Å². The lowest BCUT2D eigenvalue weighted by Gasteiger charge is -2.02. The Bertz CT molecular complexity index is 313. The van der Waals surface area contributed by atoms with Crippen LogP contribution in [0.15, 0.2) is 72.4 Å². The molecule has 0 saturated heterocycles. The van der Waals surface area contributed by atoms with E-state index in [4.69, 9.17) is 0 Å². The zero-order valence-electron chi connectivity index (χ0n) is 7.77. The van der Waals surface area contributed by atoms with Gasteiger partial charge in [0.05, 0.1) is 0 Å². The van der Waals surface area contributed by atoms with Crippen LogP contribution in [-0.2, 0) is 0 Å². The van der Waals surface area contributed by atoms with Gasteiger partial charge in [0.2, 0.25) is 0 Å². The maximum absolute atomic E-state index is 2.99. The van der Waals surface area contributed by atoms with Crippen molar-refractivity contribution in [2.24, 2.45) is 0 Å². The SMILES string of the molecule is C1=CC(=CC=C2C=CNC=C2)C=CN1. The first-order chi connectivity index (χ1) is 6.95. The van der Waals surface area contributed by atoms with Crippen LogP contribution in [0.3, 0.4) is 0 Å². The van der Waals surface area contributed by atoms with Gasteiger partial charge in [-0.05, 0) is 35.5 Å². The van der Waals surface area contributed by atoms with Gasteiger partial charge in [0.25, 0.3) is 0 Å². The molecule has 2 N–H and O–H groups in total. The molecule has 2 heteroatoms. The molecular weight excluding hydrogens is 172 g/mol. The number of dihydropyridines is 2. The van der Waals surface area contributed by atoms with Crippen LogP contribution in [-0.4, -0.2) is 0 Å². The fraction of sp³-hybridized carbons (Fsp3) is 0. The summed E-state index contributed by atoms with van der Waals surface area (Å²) >= 11 is 0. The molecule has 0 aromatic heterocycles. The molecular formula is C12H12N2. The lowest BCUT2D eigenvalue weighted by atomic mass is 10.1. The molecule has 0 bridgehead atoms. The van der Waals surface area contributed by atoms with Gasteiger partial charge in [-0.3, -0.25) is 0 Å². The summed E-state index contributed by atoms with van der Waals surface area (Å²) in [6.45, 7) is 0. The second kappa shape index (κ2) is 4.33. The molecule has 0 aromatic rings. The summed E-state index contributed by atoms with van der Waals surface area (Å²) in [5.41, 5.74) is 2.38. The van der Waals surface area contributed by atoms with Gasteiger partial charge < -0.3 is 10.6 Å². The zero-order chi connectivity index (χ0) is 9.64. The molecule has 0 radical (unpaired) electrons. The first-order valence-electron chi connectivity index (χ1n) is 4.55. The summed E-state index contributed by atoms with van der Waals surface area (Å²) in [5.74, 6) is 0. The Balaban J connectivity index is 2.10. The van der Waals surface area contributed by atoms with E-state index < -0.39 is 0 Å². The topological polar surface area (TPSA) is 24.1 Å². The Morgan fingerprint density at radius 2 is 1.00 bits per heavy atom. The number of rotatable bonds is 1. The van der Waals surface area contributed by atoms with Crippen molar-refractivity contribution in [3.63, 3.8) is 0 Å². The normalized spacial score (nSPS) is 17.7. The molecule has 0 atom stereocenters. The third-order valence-corrected chi connectivity index (χ3v) is 1.96. The van der Waals surface area contributed by atoms with E-state index in [1.165, 1.54) is 11.1 Å². The molecule has 0 aliphatic carbocycles. The van der Waals surface area contributed by atoms with E-state index in [0.717, 1.165) is 0 Å². The Kier molecular flexibility index (Phi) is 2.67. The van der Waals surface area contributed by atoms with Crippen LogP contribution < -0.4 is 10.6 Å². The predicted molar refractivity (Wildman–Crippen MR) is 59.0 cm³/mol. The fourth-order valence-electron chi connectivity index (χ4n) is 1.21. The highest BCUT2D eigenvalue weighted by atomic mass is 14.8. The molecule has 2 nitrogen and oxygen atoms in total. The molecule has 0 aromatic carbocycles. The molecule has 0 fully saturated rings. The summed E-state index contributed by atoms with van der Waals surface area (Å²) in [7, 11) is 0. The third kappa shape index (κ3) is 2.26. The van der Waals surface area contributed by atoms with Gasteiger partial charge in [-0.1, -0.05) is 12.2 Å². The molecule has 70 valence electrons. The van der Waals surface area contributed by atoms with Crippen LogP contribution >= 0.6 is 0 Å². The molecule has 2 heterocycles. The zero-order valence-corrected chi connectivity index (χ0v) is 7.77. The number of nitrogens with one attached hydrogen (secondary N) is 2. The molecule has 0 spiro atoms. The van der Waals surface area contributed by atoms with Gasteiger partial charge in [0.15, 0.2) is 0 Å². The number of hydrogen-bond donors (Lipinski definition) is 2.